The number of hydrogen-bond donors (Lipinski definition) is 1. The molecule has 1 unspecified atom stereocenters. The number of nitrogens with one attached hydrogen (secondary N) is 1. The predicted molar refractivity (Wildman–Crippen MR) is 71.0 cm³/mol. The first-order valence-electron chi connectivity index (χ1n) is 5.88. The van der Waals surface area contributed by atoms with Crippen molar-refractivity contribution in [3.8, 4) is 0 Å². The van der Waals surface area contributed by atoms with Gasteiger partial charge in [0.1, 0.15) is 5.82 Å². The van der Waals surface area contributed by atoms with Crippen LogP contribution in [0.15, 0.2) is 0 Å². The van der Waals surface area contributed by atoms with Crippen LogP contribution in [0.3, 0.4) is 0 Å². The molecule has 0 amide bonds. The molecule has 0 aliphatic heterocycles. The second-order valence-electron chi connectivity index (χ2n) is 5.85. The van der Waals surface area contributed by atoms with Crippen LogP contribution in [-0.2, 0) is 6.42 Å². The van der Waals surface area contributed by atoms with Gasteiger partial charge in [-0.3, -0.25) is 0 Å². The van der Waals surface area contributed by atoms with Crippen molar-refractivity contribution in [3.63, 3.8) is 0 Å². The van der Waals surface area contributed by atoms with Gasteiger partial charge in [0.05, 0.1) is 0 Å². The Kier molecular flexibility index (Phi) is 4.30. The molecule has 1 atom stereocenters. The van der Waals surface area contributed by atoms with E-state index in [1.165, 1.54) is 11.5 Å². The smallest absolute Gasteiger partial charge is 0.202 e. The summed E-state index contributed by atoms with van der Waals surface area (Å²) in [4.78, 5) is 4.50. The van der Waals surface area contributed by atoms with Gasteiger partial charge in [0.2, 0.25) is 5.13 Å². The molecule has 1 aromatic rings. The van der Waals surface area contributed by atoms with Crippen molar-refractivity contribution in [2.24, 2.45) is 11.3 Å². The first kappa shape index (κ1) is 13.4. The zero-order valence-electron chi connectivity index (χ0n) is 11.2. The molecule has 92 valence electrons. The first-order chi connectivity index (χ1) is 7.29. The number of aromatic nitrogens is 2. The van der Waals surface area contributed by atoms with Gasteiger partial charge in [-0.1, -0.05) is 34.6 Å². The topological polar surface area (TPSA) is 37.8 Å². The fourth-order valence-corrected chi connectivity index (χ4v) is 1.85. The van der Waals surface area contributed by atoms with E-state index in [0.29, 0.717) is 12.0 Å². The van der Waals surface area contributed by atoms with Gasteiger partial charge in [0, 0.05) is 24.0 Å². The van der Waals surface area contributed by atoms with Crippen molar-refractivity contribution in [3.05, 3.63) is 5.82 Å². The van der Waals surface area contributed by atoms with Crippen molar-refractivity contribution in [1.29, 1.82) is 0 Å². The maximum Gasteiger partial charge on any atom is 0.202 e. The lowest BCUT2D eigenvalue weighted by atomic mass is 9.88. The van der Waals surface area contributed by atoms with E-state index in [0.717, 1.165) is 17.4 Å². The van der Waals surface area contributed by atoms with Crippen LogP contribution in [0.1, 0.15) is 47.4 Å². The highest BCUT2D eigenvalue weighted by atomic mass is 32.1. The molecular weight excluding hydrogens is 218 g/mol. The van der Waals surface area contributed by atoms with Gasteiger partial charge in [0.25, 0.3) is 0 Å². The van der Waals surface area contributed by atoms with E-state index in [-0.39, 0.29) is 5.41 Å². The van der Waals surface area contributed by atoms with Crippen molar-refractivity contribution in [1.82, 2.24) is 9.36 Å². The third-order valence-electron chi connectivity index (χ3n) is 2.70. The largest absolute Gasteiger partial charge is 0.357 e. The van der Waals surface area contributed by atoms with Gasteiger partial charge in [-0.15, -0.1) is 0 Å². The molecule has 1 aromatic heterocycles. The maximum absolute atomic E-state index is 4.50. The number of rotatable bonds is 4. The molecule has 0 aromatic carbocycles. The van der Waals surface area contributed by atoms with Crippen LogP contribution in [0, 0.1) is 11.3 Å². The summed E-state index contributed by atoms with van der Waals surface area (Å²) in [6.07, 6.45) is 0.960. The summed E-state index contributed by atoms with van der Waals surface area (Å²) in [5.74, 6) is 1.58. The molecule has 1 N–H and O–H groups in total. The van der Waals surface area contributed by atoms with E-state index in [9.17, 15) is 0 Å². The average Bonchev–Trinajstić information content (AvgIpc) is 2.49. The van der Waals surface area contributed by atoms with E-state index in [1.54, 1.807) is 0 Å². The molecule has 0 radical (unpaired) electrons. The molecule has 3 nitrogen and oxygen atoms in total. The normalized spacial score (nSPS) is 14.2. The van der Waals surface area contributed by atoms with Crippen LogP contribution >= 0.6 is 11.5 Å². The Labute approximate surface area is 103 Å². The van der Waals surface area contributed by atoms with Crippen molar-refractivity contribution < 1.29 is 0 Å². The minimum atomic E-state index is 0.240. The van der Waals surface area contributed by atoms with Crippen molar-refractivity contribution in [2.75, 3.05) is 5.32 Å². The molecule has 1 heterocycles. The lowest BCUT2D eigenvalue weighted by molar-refractivity contribution is 0.359. The molecule has 0 spiro atoms. The Morgan fingerprint density at radius 3 is 2.38 bits per heavy atom. The molecular formula is C12H23N3S. The molecule has 0 saturated heterocycles. The molecule has 16 heavy (non-hydrogen) atoms. The molecule has 4 heteroatoms. The van der Waals surface area contributed by atoms with Gasteiger partial charge in [-0.25, -0.2) is 4.98 Å². The Morgan fingerprint density at radius 2 is 1.88 bits per heavy atom. The van der Waals surface area contributed by atoms with E-state index >= 15 is 0 Å². The molecule has 0 aliphatic rings. The van der Waals surface area contributed by atoms with Crippen LogP contribution in [-0.4, -0.2) is 15.4 Å². The van der Waals surface area contributed by atoms with Crippen LogP contribution in [0.5, 0.6) is 0 Å². The Bertz CT molecular complexity index is 325. The standard InChI is InChI=1S/C12H23N3S/c1-8(2)7-10-14-11(16-15-10)13-9(3)12(4,5)6/h8-9H,7H2,1-6H3,(H,13,14,15). The molecule has 0 fully saturated rings. The number of nitrogens with zero attached hydrogens (tertiary/aromatic N) is 2. The van der Waals surface area contributed by atoms with E-state index in [1.807, 2.05) is 0 Å². The minimum absolute atomic E-state index is 0.240. The van der Waals surface area contributed by atoms with Crippen molar-refractivity contribution >= 4 is 16.7 Å². The summed E-state index contributed by atoms with van der Waals surface area (Å²) in [6, 6.07) is 0.396. The summed E-state index contributed by atoms with van der Waals surface area (Å²) in [6.45, 7) is 13.2. The highest BCUT2D eigenvalue weighted by Crippen LogP contribution is 2.23. The Morgan fingerprint density at radius 1 is 1.25 bits per heavy atom. The summed E-state index contributed by atoms with van der Waals surface area (Å²) in [7, 11) is 0. The summed E-state index contributed by atoms with van der Waals surface area (Å²) in [5, 5.41) is 4.36. The zero-order chi connectivity index (χ0) is 12.3. The lowest BCUT2D eigenvalue weighted by Gasteiger charge is -2.27. The highest BCUT2D eigenvalue weighted by molar-refractivity contribution is 7.09. The SMILES string of the molecule is CC(C)Cc1nsc(NC(C)C(C)(C)C)n1. The van der Waals surface area contributed by atoms with E-state index < -0.39 is 0 Å². The van der Waals surface area contributed by atoms with Gasteiger partial charge in [-0.2, -0.15) is 4.37 Å². The molecule has 0 aliphatic carbocycles. The molecule has 1 rings (SSSR count). The third-order valence-corrected chi connectivity index (χ3v) is 3.38. The van der Waals surface area contributed by atoms with Gasteiger partial charge in [-0.05, 0) is 18.3 Å². The fourth-order valence-electron chi connectivity index (χ4n) is 1.16. The maximum atomic E-state index is 4.50. The Hall–Kier alpha value is -0.640. The fraction of sp³-hybridized carbons (Fsp3) is 0.833. The second-order valence-corrected chi connectivity index (χ2v) is 6.60. The zero-order valence-corrected chi connectivity index (χ0v) is 12.0. The highest BCUT2D eigenvalue weighted by Gasteiger charge is 2.20. The van der Waals surface area contributed by atoms with E-state index in [2.05, 4.69) is 56.2 Å². The summed E-state index contributed by atoms with van der Waals surface area (Å²) in [5.41, 5.74) is 0.240. The molecule has 0 saturated carbocycles. The third kappa shape index (κ3) is 4.08. The predicted octanol–water partition coefficient (Wildman–Crippen LogP) is 3.58. The van der Waals surface area contributed by atoms with Crippen molar-refractivity contribution in [2.45, 2.75) is 54.0 Å². The second kappa shape index (κ2) is 5.13. The monoisotopic (exact) mass is 241 g/mol. The average molecular weight is 241 g/mol. The Balaban J connectivity index is 2.58. The minimum Gasteiger partial charge on any atom is -0.357 e. The summed E-state index contributed by atoms with van der Waals surface area (Å²) >= 11 is 1.46. The molecule has 0 bridgehead atoms. The van der Waals surface area contributed by atoms with Gasteiger partial charge in [0.15, 0.2) is 0 Å². The lowest BCUT2D eigenvalue weighted by Crippen LogP contribution is -2.30. The van der Waals surface area contributed by atoms with Crippen LogP contribution in [0.25, 0.3) is 0 Å². The summed E-state index contributed by atoms with van der Waals surface area (Å²) < 4.78 is 4.36. The van der Waals surface area contributed by atoms with Crippen LogP contribution in [0.4, 0.5) is 5.13 Å². The quantitative estimate of drug-likeness (QED) is 0.875. The first-order valence-corrected chi connectivity index (χ1v) is 6.65. The van der Waals surface area contributed by atoms with Gasteiger partial charge < -0.3 is 5.32 Å². The van der Waals surface area contributed by atoms with E-state index in [4.69, 9.17) is 0 Å². The number of hydrogen-bond acceptors (Lipinski definition) is 4. The van der Waals surface area contributed by atoms with Gasteiger partial charge >= 0.3 is 0 Å². The van der Waals surface area contributed by atoms with Crippen LogP contribution < -0.4 is 5.32 Å². The van der Waals surface area contributed by atoms with Crippen LogP contribution in [0.2, 0.25) is 0 Å². The number of anilines is 1.